The number of carbonyl (C=O) groups excluding carboxylic acids is 2. The molecule has 0 radical (unpaired) electrons. The van der Waals surface area contributed by atoms with Crippen LogP contribution in [-0.2, 0) is 25.7 Å². The number of nitrogens with one attached hydrogen (secondary N) is 1. The van der Waals surface area contributed by atoms with Gasteiger partial charge in [-0.05, 0) is 25.3 Å². The van der Waals surface area contributed by atoms with Crippen LogP contribution < -0.4 is 5.32 Å². The minimum absolute atomic E-state index is 0.0573. The number of hydrogen-bond donors (Lipinski definition) is 2. The van der Waals surface area contributed by atoms with E-state index in [9.17, 15) is 14.4 Å². The van der Waals surface area contributed by atoms with Crippen molar-refractivity contribution in [3.8, 4) is 0 Å². The van der Waals surface area contributed by atoms with Gasteiger partial charge in [-0.2, -0.15) is 0 Å². The molecule has 7 heteroatoms. The van der Waals surface area contributed by atoms with Gasteiger partial charge in [0, 0.05) is 6.08 Å². The summed E-state index contributed by atoms with van der Waals surface area (Å²) in [4.78, 5) is 33.9. The van der Waals surface area contributed by atoms with Crippen molar-refractivity contribution in [3.05, 3.63) is 48.0 Å². The van der Waals surface area contributed by atoms with Crippen LogP contribution in [0.15, 0.2) is 42.5 Å². The Labute approximate surface area is 140 Å². The molecular formula is C17H21NO6. The highest BCUT2D eigenvalue weighted by molar-refractivity contribution is 5.82. The highest BCUT2D eigenvalue weighted by atomic mass is 16.5. The van der Waals surface area contributed by atoms with Crippen LogP contribution in [0.1, 0.15) is 25.3 Å². The molecule has 130 valence electrons. The number of esters is 1. The molecule has 0 fully saturated rings. The first-order chi connectivity index (χ1) is 11.5. The topological polar surface area (TPSA) is 102 Å². The molecule has 0 aliphatic carbocycles. The Morgan fingerprint density at radius 2 is 1.92 bits per heavy atom. The summed E-state index contributed by atoms with van der Waals surface area (Å²) in [6.07, 6.45) is 2.36. The SMILES string of the molecule is CCOC(=O)/C=C/CC[C@H](NC(=O)OCc1ccccc1)C(=O)O. The molecule has 1 rings (SSSR count). The van der Waals surface area contributed by atoms with E-state index in [1.807, 2.05) is 18.2 Å². The Morgan fingerprint density at radius 1 is 1.21 bits per heavy atom. The fraction of sp³-hybridized carbons (Fsp3) is 0.353. The van der Waals surface area contributed by atoms with E-state index < -0.39 is 24.1 Å². The van der Waals surface area contributed by atoms with Gasteiger partial charge in [-0.25, -0.2) is 14.4 Å². The highest BCUT2D eigenvalue weighted by Gasteiger charge is 2.19. The number of allylic oxidation sites excluding steroid dienone is 1. The van der Waals surface area contributed by atoms with Crippen LogP contribution in [0.2, 0.25) is 0 Å². The lowest BCUT2D eigenvalue weighted by atomic mass is 10.1. The maximum Gasteiger partial charge on any atom is 0.408 e. The van der Waals surface area contributed by atoms with E-state index in [0.29, 0.717) is 6.42 Å². The molecule has 1 aromatic rings. The molecule has 0 saturated heterocycles. The Morgan fingerprint density at radius 3 is 2.54 bits per heavy atom. The Balaban J connectivity index is 2.38. The second-order valence-electron chi connectivity index (χ2n) is 4.83. The van der Waals surface area contributed by atoms with E-state index in [-0.39, 0.29) is 19.6 Å². The molecule has 1 amide bonds. The molecule has 1 atom stereocenters. The van der Waals surface area contributed by atoms with E-state index in [2.05, 4.69) is 5.32 Å². The van der Waals surface area contributed by atoms with E-state index in [4.69, 9.17) is 14.6 Å². The fourth-order valence-electron chi connectivity index (χ4n) is 1.80. The van der Waals surface area contributed by atoms with Gasteiger partial charge >= 0.3 is 18.0 Å². The van der Waals surface area contributed by atoms with E-state index in [0.717, 1.165) is 5.56 Å². The first-order valence-electron chi connectivity index (χ1n) is 7.56. The Bertz CT molecular complexity index is 570. The average Bonchev–Trinajstić information content (AvgIpc) is 2.56. The number of alkyl carbamates (subject to hydrolysis) is 1. The highest BCUT2D eigenvalue weighted by Crippen LogP contribution is 2.03. The summed E-state index contributed by atoms with van der Waals surface area (Å²) in [5.74, 6) is -1.66. The molecule has 0 spiro atoms. The molecule has 0 heterocycles. The molecule has 0 bridgehead atoms. The molecule has 1 aromatic carbocycles. The molecule has 2 N–H and O–H groups in total. The average molecular weight is 335 g/mol. The van der Waals surface area contributed by atoms with E-state index >= 15 is 0 Å². The molecule has 7 nitrogen and oxygen atoms in total. The lowest BCUT2D eigenvalue weighted by molar-refractivity contribution is -0.139. The zero-order valence-electron chi connectivity index (χ0n) is 13.4. The number of rotatable bonds is 9. The summed E-state index contributed by atoms with van der Waals surface area (Å²) in [6, 6.07) is 7.96. The third kappa shape index (κ3) is 7.98. The van der Waals surface area contributed by atoms with Crippen molar-refractivity contribution in [1.29, 1.82) is 0 Å². The Hall–Kier alpha value is -2.83. The van der Waals surface area contributed by atoms with Gasteiger partial charge in [-0.15, -0.1) is 0 Å². The molecule has 0 saturated carbocycles. The van der Waals surface area contributed by atoms with Crippen LogP contribution in [0.25, 0.3) is 0 Å². The van der Waals surface area contributed by atoms with Crippen molar-refractivity contribution < 1.29 is 29.0 Å². The lowest BCUT2D eigenvalue weighted by Crippen LogP contribution is -2.40. The number of hydrogen-bond acceptors (Lipinski definition) is 5. The Kier molecular flexibility index (Phi) is 8.67. The summed E-state index contributed by atoms with van der Waals surface area (Å²) in [6.45, 7) is 2.02. The second kappa shape index (κ2) is 10.8. The van der Waals surface area contributed by atoms with Gasteiger partial charge in [-0.3, -0.25) is 0 Å². The first-order valence-corrected chi connectivity index (χ1v) is 7.56. The standard InChI is InChI=1S/C17H21NO6/c1-2-23-15(19)11-7-6-10-14(16(20)21)18-17(22)24-12-13-8-4-3-5-9-13/h3-5,7-9,11,14H,2,6,10,12H2,1H3,(H,18,22)(H,20,21)/b11-7+/t14-/m0/s1. The van der Waals surface area contributed by atoms with Gasteiger partial charge < -0.3 is 19.9 Å². The van der Waals surface area contributed by atoms with Gasteiger partial charge in [-0.1, -0.05) is 36.4 Å². The fourth-order valence-corrected chi connectivity index (χ4v) is 1.80. The maximum atomic E-state index is 11.7. The largest absolute Gasteiger partial charge is 0.480 e. The van der Waals surface area contributed by atoms with Crippen LogP contribution in [0.5, 0.6) is 0 Å². The monoisotopic (exact) mass is 335 g/mol. The minimum Gasteiger partial charge on any atom is -0.480 e. The molecule has 0 aromatic heterocycles. The van der Waals surface area contributed by atoms with Crippen molar-refractivity contribution in [1.82, 2.24) is 5.32 Å². The van der Waals surface area contributed by atoms with Crippen LogP contribution in [-0.4, -0.2) is 35.8 Å². The van der Waals surface area contributed by atoms with E-state index in [1.54, 1.807) is 19.1 Å². The summed E-state index contributed by atoms with van der Waals surface area (Å²) in [5.41, 5.74) is 0.803. The number of ether oxygens (including phenoxy) is 2. The zero-order valence-corrected chi connectivity index (χ0v) is 13.4. The van der Waals surface area contributed by atoms with Crippen molar-refractivity contribution in [2.75, 3.05) is 6.61 Å². The van der Waals surface area contributed by atoms with Crippen LogP contribution >= 0.6 is 0 Å². The molecule has 0 unspecified atom stereocenters. The van der Waals surface area contributed by atoms with Crippen molar-refractivity contribution in [3.63, 3.8) is 0 Å². The van der Waals surface area contributed by atoms with Gasteiger partial charge in [0.2, 0.25) is 0 Å². The predicted octanol–water partition coefficient (Wildman–Crippen LogP) is 2.27. The molecule has 24 heavy (non-hydrogen) atoms. The van der Waals surface area contributed by atoms with Crippen LogP contribution in [0, 0.1) is 0 Å². The first kappa shape index (κ1) is 19.2. The number of carboxylic acids is 1. The van der Waals surface area contributed by atoms with Gasteiger partial charge in [0.15, 0.2) is 0 Å². The van der Waals surface area contributed by atoms with Gasteiger partial charge in [0.05, 0.1) is 6.61 Å². The predicted molar refractivity (Wildman–Crippen MR) is 86.2 cm³/mol. The zero-order chi connectivity index (χ0) is 17.8. The normalized spacial score (nSPS) is 11.7. The number of aliphatic carboxylic acids is 1. The van der Waals surface area contributed by atoms with Crippen LogP contribution in [0.3, 0.4) is 0 Å². The minimum atomic E-state index is -1.17. The van der Waals surface area contributed by atoms with Crippen molar-refractivity contribution in [2.24, 2.45) is 0 Å². The summed E-state index contributed by atoms with van der Waals surface area (Å²) in [7, 11) is 0. The summed E-state index contributed by atoms with van der Waals surface area (Å²) in [5, 5.41) is 11.4. The summed E-state index contributed by atoms with van der Waals surface area (Å²) < 4.78 is 9.68. The quantitative estimate of drug-likeness (QED) is 0.530. The molecular weight excluding hydrogens is 314 g/mol. The smallest absolute Gasteiger partial charge is 0.408 e. The van der Waals surface area contributed by atoms with E-state index in [1.165, 1.54) is 12.2 Å². The third-order valence-electron chi connectivity index (χ3n) is 2.97. The van der Waals surface area contributed by atoms with Crippen molar-refractivity contribution >= 4 is 18.0 Å². The third-order valence-corrected chi connectivity index (χ3v) is 2.97. The summed E-state index contributed by atoms with van der Waals surface area (Å²) >= 11 is 0. The molecule has 0 aliphatic heterocycles. The van der Waals surface area contributed by atoms with Crippen molar-refractivity contribution in [2.45, 2.75) is 32.4 Å². The maximum absolute atomic E-state index is 11.7. The van der Waals surface area contributed by atoms with Gasteiger partial charge in [0.1, 0.15) is 12.6 Å². The van der Waals surface area contributed by atoms with Crippen LogP contribution in [0.4, 0.5) is 4.79 Å². The lowest BCUT2D eigenvalue weighted by Gasteiger charge is -2.13. The molecule has 0 aliphatic rings. The second-order valence-corrected chi connectivity index (χ2v) is 4.83. The number of carbonyl (C=O) groups is 3. The number of benzene rings is 1. The number of carboxylic acid groups (broad SMARTS) is 1. The number of amides is 1. The van der Waals surface area contributed by atoms with Gasteiger partial charge in [0.25, 0.3) is 0 Å².